The molecule has 0 spiro atoms. The molecule has 0 aliphatic heterocycles. The summed E-state index contributed by atoms with van der Waals surface area (Å²) in [6.07, 6.45) is 2.00. The third-order valence-electron chi connectivity index (χ3n) is 4.26. The van der Waals surface area contributed by atoms with Crippen LogP contribution in [0.15, 0.2) is 79.0 Å². The number of rotatable bonds is 3. The lowest BCUT2D eigenvalue weighted by molar-refractivity contribution is 0.966. The summed E-state index contributed by atoms with van der Waals surface area (Å²) in [5, 5.41) is 4.84. The van der Waals surface area contributed by atoms with Gasteiger partial charge in [0.1, 0.15) is 5.69 Å². The second-order valence-electron chi connectivity index (χ2n) is 6.06. The predicted octanol–water partition coefficient (Wildman–Crippen LogP) is 4.73. The van der Waals surface area contributed by atoms with Crippen molar-refractivity contribution in [3.63, 3.8) is 0 Å². The van der Waals surface area contributed by atoms with Crippen molar-refractivity contribution in [3.05, 3.63) is 79.0 Å². The van der Waals surface area contributed by atoms with E-state index in [1.165, 1.54) is 16.8 Å². The molecule has 2 aromatic carbocycles. The van der Waals surface area contributed by atoms with Crippen LogP contribution in [-0.4, -0.2) is 23.7 Å². The van der Waals surface area contributed by atoms with Gasteiger partial charge < -0.3 is 4.90 Å². The van der Waals surface area contributed by atoms with Crippen molar-refractivity contribution in [1.82, 2.24) is 9.61 Å². The van der Waals surface area contributed by atoms with Crippen molar-refractivity contribution in [1.29, 1.82) is 0 Å². The van der Waals surface area contributed by atoms with Gasteiger partial charge in [-0.05, 0) is 29.8 Å². The van der Waals surface area contributed by atoms with Crippen LogP contribution in [0.2, 0.25) is 0 Å². The molecule has 0 N–H and O–H groups in total. The summed E-state index contributed by atoms with van der Waals surface area (Å²) in [5.41, 5.74) is 6.80. The van der Waals surface area contributed by atoms with Crippen molar-refractivity contribution in [3.8, 4) is 22.4 Å². The summed E-state index contributed by atoms with van der Waals surface area (Å²) >= 11 is 0. The van der Waals surface area contributed by atoms with Crippen LogP contribution < -0.4 is 4.90 Å². The number of pyridine rings is 1. The SMILES string of the molecule is CN(C)c1ccc(-c2nn3ccccc3c2-c2ccccc2)cc1. The van der Waals surface area contributed by atoms with E-state index in [1.54, 1.807) is 0 Å². The summed E-state index contributed by atoms with van der Waals surface area (Å²) in [5.74, 6) is 0. The Morgan fingerprint density at radius 1 is 0.750 bits per heavy atom. The van der Waals surface area contributed by atoms with Gasteiger partial charge in [-0.3, -0.25) is 0 Å². The maximum atomic E-state index is 4.84. The van der Waals surface area contributed by atoms with Crippen LogP contribution in [0.4, 0.5) is 5.69 Å². The molecule has 0 aliphatic carbocycles. The molecule has 0 bridgehead atoms. The lowest BCUT2D eigenvalue weighted by Crippen LogP contribution is -2.07. The van der Waals surface area contributed by atoms with Crippen LogP contribution in [0.1, 0.15) is 0 Å². The standard InChI is InChI=1S/C21H19N3/c1-23(2)18-13-11-17(12-14-18)21-20(16-8-4-3-5-9-16)19-10-6-7-15-24(19)22-21/h3-15H,1-2H3. The van der Waals surface area contributed by atoms with E-state index in [4.69, 9.17) is 5.10 Å². The first kappa shape index (κ1) is 14.5. The summed E-state index contributed by atoms with van der Waals surface area (Å²) in [6.45, 7) is 0. The molecular formula is C21H19N3. The Bertz CT molecular complexity index is 967. The molecule has 0 saturated heterocycles. The first-order chi connectivity index (χ1) is 11.7. The highest BCUT2D eigenvalue weighted by Crippen LogP contribution is 2.35. The summed E-state index contributed by atoms with van der Waals surface area (Å²) in [6, 6.07) is 25.2. The minimum absolute atomic E-state index is 1.01. The topological polar surface area (TPSA) is 20.5 Å². The van der Waals surface area contributed by atoms with Crippen molar-refractivity contribution in [2.45, 2.75) is 0 Å². The third-order valence-corrected chi connectivity index (χ3v) is 4.26. The van der Waals surface area contributed by atoms with E-state index in [-0.39, 0.29) is 0 Å². The zero-order chi connectivity index (χ0) is 16.5. The summed E-state index contributed by atoms with van der Waals surface area (Å²) < 4.78 is 1.96. The smallest absolute Gasteiger partial charge is 0.101 e. The van der Waals surface area contributed by atoms with E-state index in [0.717, 1.165) is 16.8 Å². The van der Waals surface area contributed by atoms with E-state index in [1.807, 2.05) is 22.8 Å². The molecular weight excluding hydrogens is 294 g/mol. The maximum absolute atomic E-state index is 4.84. The zero-order valence-corrected chi connectivity index (χ0v) is 13.8. The van der Waals surface area contributed by atoms with E-state index in [2.05, 4.69) is 79.7 Å². The highest BCUT2D eigenvalue weighted by atomic mass is 15.2. The summed E-state index contributed by atoms with van der Waals surface area (Å²) in [4.78, 5) is 2.10. The normalized spacial score (nSPS) is 10.9. The van der Waals surface area contributed by atoms with E-state index >= 15 is 0 Å². The van der Waals surface area contributed by atoms with Crippen LogP contribution in [0.25, 0.3) is 27.9 Å². The average Bonchev–Trinajstić information content (AvgIpc) is 3.02. The molecule has 0 radical (unpaired) electrons. The van der Waals surface area contributed by atoms with Gasteiger partial charge in [0.05, 0.1) is 5.52 Å². The number of aromatic nitrogens is 2. The molecule has 0 unspecified atom stereocenters. The van der Waals surface area contributed by atoms with E-state index < -0.39 is 0 Å². The van der Waals surface area contributed by atoms with Gasteiger partial charge in [-0.25, -0.2) is 4.52 Å². The molecule has 2 heterocycles. The largest absolute Gasteiger partial charge is 0.378 e. The van der Waals surface area contributed by atoms with Gasteiger partial charge in [-0.15, -0.1) is 0 Å². The van der Waals surface area contributed by atoms with Crippen LogP contribution in [-0.2, 0) is 0 Å². The minimum Gasteiger partial charge on any atom is -0.378 e. The lowest BCUT2D eigenvalue weighted by Gasteiger charge is -2.12. The Balaban J connectivity index is 1.95. The van der Waals surface area contributed by atoms with E-state index in [0.29, 0.717) is 0 Å². The van der Waals surface area contributed by atoms with Crippen LogP contribution in [0.5, 0.6) is 0 Å². The third kappa shape index (κ3) is 2.44. The molecule has 0 amide bonds. The molecule has 2 aromatic heterocycles. The molecule has 4 aromatic rings. The van der Waals surface area contributed by atoms with Crippen molar-refractivity contribution in [2.75, 3.05) is 19.0 Å². The Hall–Kier alpha value is -3.07. The number of fused-ring (bicyclic) bond motifs is 1. The molecule has 118 valence electrons. The quantitative estimate of drug-likeness (QED) is 0.545. The maximum Gasteiger partial charge on any atom is 0.101 e. The molecule has 0 fully saturated rings. The molecule has 0 atom stereocenters. The Labute approximate surface area is 141 Å². The lowest BCUT2D eigenvalue weighted by atomic mass is 9.99. The Morgan fingerprint density at radius 3 is 2.17 bits per heavy atom. The fourth-order valence-corrected chi connectivity index (χ4v) is 3.01. The molecule has 3 heteroatoms. The predicted molar refractivity (Wildman–Crippen MR) is 100 cm³/mol. The number of anilines is 1. The van der Waals surface area contributed by atoms with Crippen molar-refractivity contribution >= 4 is 11.2 Å². The van der Waals surface area contributed by atoms with Crippen LogP contribution in [0.3, 0.4) is 0 Å². The van der Waals surface area contributed by atoms with E-state index in [9.17, 15) is 0 Å². The number of hydrogen-bond acceptors (Lipinski definition) is 2. The highest BCUT2D eigenvalue weighted by Gasteiger charge is 2.15. The molecule has 0 saturated carbocycles. The first-order valence-corrected chi connectivity index (χ1v) is 8.04. The second kappa shape index (κ2) is 5.85. The minimum atomic E-state index is 1.01. The Kier molecular flexibility index (Phi) is 3.54. The highest BCUT2D eigenvalue weighted by molar-refractivity contribution is 5.92. The summed E-state index contributed by atoms with van der Waals surface area (Å²) in [7, 11) is 4.10. The molecule has 3 nitrogen and oxygen atoms in total. The van der Waals surface area contributed by atoms with Gasteiger partial charge in [-0.2, -0.15) is 5.10 Å². The fourth-order valence-electron chi connectivity index (χ4n) is 3.01. The van der Waals surface area contributed by atoms with Crippen LogP contribution in [0, 0.1) is 0 Å². The first-order valence-electron chi connectivity index (χ1n) is 8.04. The van der Waals surface area contributed by atoms with Gasteiger partial charge in [0.2, 0.25) is 0 Å². The van der Waals surface area contributed by atoms with Gasteiger partial charge >= 0.3 is 0 Å². The number of benzene rings is 2. The fraction of sp³-hybridized carbons (Fsp3) is 0.0952. The zero-order valence-electron chi connectivity index (χ0n) is 13.8. The second-order valence-corrected chi connectivity index (χ2v) is 6.06. The average molecular weight is 313 g/mol. The van der Waals surface area contributed by atoms with Crippen molar-refractivity contribution < 1.29 is 0 Å². The molecule has 4 rings (SSSR count). The monoisotopic (exact) mass is 313 g/mol. The van der Waals surface area contributed by atoms with Gasteiger partial charge in [0.15, 0.2) is 0 Å². The van der Waals surface area contributed by atoms with Crippen molar-refractivity contribution in [2.24, 2.45) is 0 Å². The number of hydrogen-bond donors (Lipinski definition) is 0. The number of nitrogens with zero attached hydrogens (tertiary/aromatic N) is 3. The van der Waals surface area contributed by atoms with Crippen LogP contribution >= 0.6 is 0 Å². The molecule has 0 aliphatic rings. The van der Waals surface area contributed by atoms with Gasteiger partial charge in [0.25, 0.3) is 0 Å². The molecule has 24 heavy (non-hydrogen) atoms. The van der Waals surface area contributed by atoms with Gasteiger partial charge in [-0.1, -0.05) is 48.5 Å². The Morgan fingerprint density at radius 2 is 1.46 bits per heavy atom. The van der Waals surface area contributed by atoms with Gasteiger partial charge in [0, 0.05) is 37.1 Å².